The maximum atomic E-state index is 6.49. The first-order chi connectivity index (χ1) is 24.1. The van der Waals surface area contributed by atoms with Gasteiger partial charge in [0.25, 0.3) is 0 Å². The van der Waals surface area contributed by atoms with Crippen LogP contribution in [0.25, 0.3) is 94.0 Å². The second-order valence-corrected chi connectivity index (χ2v) is 12.4. The Morgan fingerprint density at radius 3 is 2.24 bits per heavy atom. The molecule has 6 nitrogen and oxygen atoms in total. The van der Waals surface area contributed by atoms with Gasteiger partial charge in [-0.25, -0.2) is 0 Å². The van der Waals surface area contributed by atoms with Crippen molar-refractivity contribution in [2.75, 3.05) is 0 Å². The van der Waals surface area contributed by atoms with Gasteiger partial charge in [-0.15, -0.1) is 54.1 Å². The average molecular weight is 822 g/mol. The van der Waals surface area contributed by atoms with Crippen LogP contribution in [0, 0.1) is 19.1 Å². The number of para-hydroxylation sites is 4. The van der Waals surface area contributed by atoms with E-state index >= 15 is 0 Å². The quantitative estimate of drug-likeness (QED) is 0.163. The Morgan fingerprint density at radius 2 is 1.44 bits per heavy atom. The van der Waals surface area contributed by atoms with Gasteiger partial charge in [0.1, 0.15) is 5.65 Å². The van der Waals surface area contributed by atoms with E-state index < -0.39 is 0 Å². The molecule has 50 heavy (non-hydrogen) atoms. The van der Waals surface area contributed by atoms with Crippen molar-refractivity contribution in [3.8, 4) is 22.6 Å². The summed E-state index contributed by atoms with van der Waals surface area (Å²) in [6, 6.07) is 47.9. The van der Waals surface area contributed by atoms with E-state index in [0.717, 1.165) is 66.6 Å². The second-order valence-electron chi connectivity index (χ2n) is 12.4. The summed E-state index contributed by atoms with van der Waals surface area (Å²) < 4.78 is 10.9. The number of rotatable bonds is 2. The standard InChI is InChI=1S/C31H17N4O.C12H10N.Ir/c1-34-26-15-5-3-13-24(26)32-29(34)21-12-7-11-20-23-16-22-19-10-6-9-18-17-8-2-4-14-25(17)35(27(18)19)30(22)33-31(23)36-28(20)21;1-10-7-8-12(13-9-10)11-5-3-2-4-6-11;/h2-11,13-16H,1H3;2-5,7-9H,1H3;/q2*-1;. The van der Waals surface area contributed by atoms with Crippen molar-refractivity contribution in [3.05, 3.63) is 145 Å². The van der Waals surface area contributed by atoms with Gasteiger partial charge in [-0.1, -0.05) is 71.6 Å². The second kappa shape index (κ2) is 11.6. The fraction of sp³-hybridized carbons (Fsp3) is 0.0465. The van der Waals surface area contributed by atoms with Crippen LogP contribution in [0.1, 0.15) is 5.56 Å². The molecule has 0 unspecified atom stereocenters. The summed E-state index contributed by atoms with van der Waals surface area (Å²) in [4.78, 5) is 14.3. The largest absolute Gasteiger partial charge is 0.486 e. The number of imidazole rings is 1. The maximum Gasteiger partial charge on any atom is 0.218 e. The minimum Gasteiger partial charge on any atom is -0.486 e. The Balaban J connectivity index is 0.000000204. The molecule has 1 radical (unpaired) electrons. The third-order valence-electron chi connectivity index (χ3n) is 9.51. The molecule has 0 fully saturated rings. The molecular formula is C43H27IrN5O-2. The number of hydrogen-bond donors (Lipinski definition) is 0. The normalized spacial score (nSPS) is 11.6. The first-order valence-electron chi connectivity index (χ1n) is 16.3. The van der Waals surface area contributed by atoms with Gasteiger partial charge in [-0.05, 0) is 42.4 Å². The van der Waals surface area contributed by atoms with Crippen molar-refractivity contribution in [2.24, 2.45) is 7.05 Å². The third kappa shape index (κ3) is 4.48. The minimum atomic E-state index is 0. The van der Waals surface area contributed by atoms with Gasteiger partial charge in [0.05, 0.1) is 33.5 Å². The summed E-state index contributed by atoms with van der Waals surface area (Å²) in [5.41, 5.74) is 10.8. The van der Waals surface area contributed by atoms with E-state index in [2.05, 4.69) is 92.8 Å². The van der Waals surface area contributed by atoms with Crippen molar-refractivity contribution in [1.82, 2.24) is 23.9 Å². The fourth-order valence-electron chi connectivity index (χ4n) is 7.20. The van der Waals surface area contributed by atoms with E-state index in [1.165, 1.54) is 27.2 Å². The van der Waals surface area contributed by atoms with Gasteiger partial charge in [0, 0.05) is 60.3 Å². The summed E-state index contributed by atoms with van der Waals surface area (Å²) in [5.74, 6) is 0.830. The maximum absolute atomic E-state index is 6.49. The molecule has 241 valence electrons. The van der Waals surface area contributed by atoms with Crippen LogP contribution in [0.2, 0.25) is 0 Å². The topological polar surface area (TPSA) is 61.2 Å². The molecule has 0 atom stereocenters. The first kappa shape index (κ1) is 30.2. The van der Waals surface area contributed by atoms with E-state index in [0.29, 0.717) is 5.71 Å². The summed E-state index contributed by atoms with van der Waals surface area (Å²) in [6.07, 6.45) is 1.87. The zero-order valence-electron chi connectivity index (χ0n) is 27.1. The molecule has 0 aliphatic heterocycles. The van der Waals surface area contributed by atoms with Crippen molar-refractivity contribution in [1.29, 1.82) is 0 Å². The number of aryl methyl sites for hydroxylation is 2. The third-order valence-corrected chi connectivity index (χ3v) is 9.51. The van der Waals surface area contributed by atoms with Gasteiger partial charge in [0.2, 0.25) is 5.71 Å². The molecule has 7 heteroatoms. The van der Waals surface area contributed by atoms with Gasteiger partial charge >= 0.3 is 0 Å². The predicted octanol–water partition coefficient (Wildman–Crippen LogP) is 10.3. The summed E-state index contributed by atoms with van der Waals surface area (Å²) >= 11 is 0. The molecule has 6 heterocycles. The number of hydrogen-bond acceptors (Lipinski definition) is 4. The molecule has 6 aromatic heterocycles. The monoisotopic (exact) mass is 822 g/mol. The molecule has 11 rings (SSSR count). The molecule has 0 saturated carbocycles. The Bertz CT molecular complexity index is 3010. The number of nitrogens with zero attached hydrogens (tertiary/aromatic N) is 5. The molecule has 0 saturated heterocycles. The van der Waals surface area contributed by atoms with Crippen molar-refractivity contribution >= 4 is 71.3 Å². The van der Waals surface area contributed by atoms with Crippen LogP contribution in [0.3, 0.4) is 0 Å². The molecule has 0 bridgehead atoms. The smallest absolute Gasteiger partial charge is 0.218 e. The van der Waals surface area contributed by atoms with Gasteiger partial charge in [0.15, 0.2) is 0 Å². The zero-order valence-corrected chi connectivity index (χ0v) is 29.5. The Morgan fingerprint density at radius 1 is 0.660 bits per heavy atom. The number of pyridine rings is 2. The van der Waals surface area contributed by atoms with Crippen LogP contribution in [0.4, 0.5) is 0 Å². The zero-order chi connectivity index (χ0) is 32.6. The predicted molar refractivity (Wildman–Crippen MR) is 198 cm³/mol. The molecule has 0 aliphatic rings. The summed E-state index contributed by atoms with van der Waals surface area (Å²) in [7, 11) is 2.03. The SMILES string of the molecule is Cc1ccc(-c2[c-]cccc2)nc1.Cn1c(-c2[c-]ccc3c2oc2nc4c(cc23)c2cccc3c5ccccc5n4c32)nc2ccccc21.[Ir]. The van der Waals surface area contributed by atoms with Crippen molar-refractivity contribution in [3.63, 3.8) is 0 Å². The van der Waals surface area contributed by atoms with Crippen LogP contribution < -0.4 is 0 Å². The molecular weight excluding hydrogens is 795 g/mol. The van der Waals surface area contributed by atoms with E-state index in [1.54, 1.807) is 0 Å². The van der Waals surface area contributed by atoms with E-state index in [1.807, 2.05) is 74.8 Å². The van der Waals surface area contributed by atoms with Gasteiger partial charge in [-0.2, -0.15) is 4.98 Å². The Labute approximate surface area is 300 Å². The van der Waals surface area contributed by atoms with Crippen LogP contribution in [-0.4, -0.2) is 23.9 Å². The molecule has 0 N–H and O–H groups in total. The van der Waals surface area contributed by atoms with Crippen LogP contribution in [0.15, 0.2) is 132 Å². The summed E-state index contributed by atoms with van der Waals surface area (Å²) in [6.45, 7) is 2.03. The van der Waals surface area contributed by atoms with E-state index in [-0.39, 0.29) is 20.1 Å². The Hall–Kier alpha value is -5.88. The van der Waals surface area contributed by atoms with Crippen molar-refractivity contribution in [2.45, 2.75) is 6.92 Å². The number of fused-ring (bicyclic) bond motifs is 10. The first-order valence-corrected chi connectivity index (χ1v) is 16.3. The van der Waals surface area contributed by atoms with E-state index in [4.69, 9.17) is 14.4 Å². The molecule has 0 aliphatic carbocycles. The fourth-order valence-corrected chi connectivity index (χ4v) is 7.20. The molecule has 5 aromatic carbocycles. The van der Waals surface area contributed by atoms with Gasteiger partial charge < -0.3 is 14.0 Å². The van der Waals surface area contributed by atoms with Crippen LogP contribution >= 0.6 is 0 Å². The molecule has 0 spiro atoms. The number of furan rings is 1. The molecule has 0 amide bonds. The van der Waals surface area contributed by atoms with E-state index in [9.17, 15) is 0 Å². The molecule has 11 aromatic rings. The van der Waals surface area contributed by atoms with Gasteiger partial charge in [-0.3, -0.25) is 9.38 Å². The average Bonchev–Trinajstić information content (AvgIpc) is 3.89. The van der Waals surface area contributed by atoms with Crippen molar-refractivity contribution < 1.29 is 24.5 Å². The Kier molecular flexibility index (Phi) is 7.02. The van der Waals surface area contributed by atoms with Crippen LogP contribution in [-0.2, 0) is 27.2 Å². The van der Waals surface area contributed by atoms with Crippen LogP contribution in [0.5, 0.6) is 0 Å². The number of aromatic nitrogens is 5. The number of benzene rings is 5. The summed E-state index contributed by atoms with van der Waals surface area (Å²) in [5, 5.41) is 6.86. The minimum absolute atomic E-state index is 0.